The third-order valence-electron chi connectivity index (χ3n) is 10.0. The Morgan fingerprint density at radius 1 is 0.878 bits per heavy atom. The number of benzene rings is 4. The summed E-state index contributed by atoms with van der Waals surface area (Å²) in [6.07, 6.45) is 1.97. The van der Waals surface area contributed by atoms with Crippen molar-refractivity contribution in [1.29, 1.82) is 0 Å². The summed E-state index contributed by atoms with van der Waals surface area (Å²) in [7, 11) is 1.45. The average molecular weight is 787 g/mol. The summed E-state index contributed by atoms with van der Waals surface area (Å²) in [4.78, 5) is 59.5. The third kappa shape index (κ3) is 4.44. The molecule has 4 aromatic carbocycles. The van der Waals surface area contributed by atoms with E-state index in [-0.39, 0.29) is 24.5 Å². The van der Waals surface area contributed by atoms with E-state index < -0.39 is 46.5 Å². The van der Waals surface area contributed by atoms with Crippen molar-refractivity contribution in [2.75, 3.05) is 12.0 Å². The van der Waals surface area contributed by atoms with Crippen LogP contribution in [-0.2, 0) is 21.5 Å². The van der Waals surface area contributed by atoms with E-state index in [4.69, 9.17) is 16.3 Å². The molecule has 3 aliphatic rings. The topological polar surface area (TPSA) is 116 Å². The summed E-state index contributed by atoms with van der Waals surface area (Å²) in [5.41, 5.74) is 0.210. The van der Waals surface area contributed by atoms with Crippen LogP contribution >= 0.6 is 34.2 Å². The number of para-hydroxylation sites is 1. The van der Waals surface area contributed by atoms with Gasteiger partial charge in [0.2, 0.25) is 11.8 Å². The number of halogens is 2. The minimum absolute atomic E-state index is 0.0541. The molecule has 1 aliphatic carbocycles. The first-order chi connectivity index (χ1) is 23.7. The summed E-state index contributed by atoms with van der Waals surface area (Å²) in [6.45, 7) is 0.0677. The summed E-state index contributed by atoms with van der Waals surface area (Å²) in [5, 5.41) is 11.2. The Balaban J connectivity index is 1.44. The van der Waals surface area contributed by atoms with Gasteiger partial charge in [-0.05, 0) is 88.2 Å². The van der Waals surface area contributed by atoms with E-state index in [0.29, 0.717) is 36.7 Å². The lowest BCUT2D eigenvalue weighted by atomic mass is 9.53. The van der Waals surface area contributed by atoms with Crippen molar-refractivity contribution in [2.45, 2.75) is 30.3 Å². The molecule has 1 N–H and O–H groups in total. The van der Waals surface area contributed by atoms with Gasteiger partial charge in [-0.15, -0.1) is 0 Å². The van der Waals surface area contributed by atoms with Crippen molar-refractivity contribution in [2.24, 2.45) is 5.92 Å². The molecular formula is C37H28ClIN4O6. The highest BCUT2D eigenvalue weighted by atomic mass is 127. The van der Waals surface area contributed by atoms with Crippen LogP contribution in [0.5, 0.6) is 11.5 Å². The number of anilines is 1. The number of methoxy groups -OCH3 is 1. The number of ether oxygens (including phenoxy) is 1. The zero-order chi connectivity index (χ0) is 34.2. The van der Waals surface area contributed by atoms with Gasteiger partial charge >= 0.3 is 11.4 Å². The number of phenolic OH excluding ortho intramolecular Hbond substituents is 1. The van der Waals surface area contributed by atoms with Crippen LogP contribution in [0.25, 0.3) is 5.69 Å². The molecule has 0 bridgehead atoms. The van der Waals surface area contributed by atoms with E-state index >= 15 is 4.79 Å². The molecule has 2 amide bonds. The van der Waals surface area contributed by atoms with E-state index in [1.807, 2.05) is 59.0 Å². The van der Waals surface area contributed by atoms with Crippen molar-refractivity contribution in [3.8, 4) is 17.2 Å². The molecule has 1 aromatic heterocycles. The predicted octanol–water partition coefficient (Wildman–Crippen LogP) is 5.57. The number of hydrogen-bond donors (Lipinski definition) is 1. The maximum atomic E-state index is 15.3. The van der Waals surface area contributed by atoms with Crippen LogP contribution in [-0.4, -0.2) is 38.0 Å². The smallest absolute Gasteiger partial charge is 0.352 e. The molecule has 4 atom stereocenters. The normalized spacial score (nSPS) is 22.7. The minimum atomic E-state index is -1.47. The third-order valence-corrected chi connectivity index (χ3v) is 11.1. The summed E-state index contributed by atoms with van der Waals surface area (Å²) < 4.78 is 10.0. The molecule has 2 aliphatic heterocycles. The second-order valence-corrected chi connectivity index (χ2v) is 13.9. The van der Waals surface area contributed by atoms with Crippen LogP contribution in [0.2, 0.25) is 5.02 Å². The molecule has 12 heteroatoms. The van der Waals surface area contributed by atoms with Gasteiger partial charge in [-0.25, -0.2) is 28.4 Å². The van der Waals surface area contributed by atoms with Crippen LogP contribution < -0.4 is 21.0 Å². The van der Waals surface area contributed by atoms with Crippen molar-refractivity contribution >= 4 is 51.7 Å². The Morgan fingerprint density at radius 2 is 1.57 bits per heavy atom. The number of carbonyl (C=O) groups excluding carboxylic acids is 2. The van der Waals surface area contributed by atoms with Crippen LogP contribution in [0.15, 0.2) is 118 Å². The zero-order valence-corrected chi connectivity index (χ0v) is 28.9. The molecule has 49 heavy (non-hydrogen) atoms. The first kappa shape index (κ1) is 31.4. The molecule has 0 spiro atoms. The molecule has 3 heterocycles. The summed E-state index contributed by atoms with van der Waals surface area (Å²) in [6, 6.07) is 27.3. The van der Waals surface area contributed by atoms with Crippen molar-refractivity contribution in [1.82, 2.24) is 13.9 Å². The number of carbonyl (C=O) groups is 2. The molecule has 4 unspecified atom stereocenters. The van der Waals surface area contributed by atoms with Gasteiger partial charge in [0.1, 0.15) is 0 Å². The number of rotatable bonds is 5. The van der Waals surface area contributed by atoms with Crippen LogP contribution in [0.1, 0.15) is 29.5 Å². The van der Waals surface area contributed by atoms with Gasteiger partial charge in [0, 0.05) is 10.9 Å². The van der Waals surface area contributed by atoms with Crippen molar-refractivity contribution in [3.63, 3.8) is 0 Å². The largest absolute Gasteiger partial charge is 0.504 e. The summed E-state index contributed by atoms with van der Waals surface area (Å²) in [5.74, 6) is -2.48. The summed E-state index contributed by atoms with van der Waals surface area (Å²) >= 11 is 8.40. The fourth-order valence-electron chi connectivity index (χ4n) is 8.09. The van der Waals surface area contributed by atoms with Gasteiger partial charge in [-0.3, -0.25) is 9.59 Å². The van der Waals surface area contributed by atoms with E-state index in [1.54, 1.807) is 66.7 Å². The highest BCUT2D eigenvalue weighted by Gasteiger charge is 2.68. The second-order valence-electron chi connectivity index (χ2n) is 12.4. The maximum absolute atomic E-state index is 15.3. The number of imide groups is 1. The Bertz CT molecular complexity index is 2330. The molecule has 246 valence electrons. The number of hydrogen-bond acceptors (Lipinski definition) is 6. The van der Waals surface area contributed by atoms with Gasteiger partial charge in [0.25, 0.3) is 0 Å². The number of phenols is 1. The van der Waals surface area contributed by atoms with Gasteiger partial charge in [-0.2, -0.15) is 0 Å². The van der Waals surface area contributed by atoms with Crippen LogP contribution in [0, 0.1) is 9.49 Å². The number of aromatic hydroxyl groups is 1. The van der Waals surface area contributed by atoms with Crippen LogP contribution in [0.4, 0.5) is 5.69 Å². The highest BCUT2D eigenvalue weighted by Crippen LogP contribution is 2.62. The Kier molecular flexibility index (Phi) is 7.45. The second kappa shape index (κ2) is 11.6. The van der Waals surface area contributed by atoms with Gasteiger partial charge in [0.15, 0.2) is 11.5 Å². The number of amides is 2. The molecular weight excluding hydrogens is 759 g/mol. The van der Waals surface area contributed by atoms with E-state index in [9.17, 15) is 19.5 Å². The number of fused-ring (bicyclic) bond motifs is 4. The Labute approximate surface area is 298 Å². The SMILES string of the molecule is COc1cc(C2C3=CCn4c(=O)n(-c5ccccc5)c(=O)n4C3CC3C(=O)N(c4cccc(Cl)c4)C(=O)C32c2ccccc2)cc(I)c1O. The van der Waals surface area contributed by atoms with E-state index in [0.717, 1.165) is 4.57 Å². The first-order valence-electron chi connectivity index (χ1n) is 15.6. The molecule has 10 nitrogen and oxygen atoms in total. The lowest BCUT2D eigenvalue weighted by molar-refractivity contribution is -0.124. The highest BCUT2D eigenvalue weighted by molar-refractivity contribution is 14.1. The van der Waals surface area contributed by atoms with Crippen molar-refractivity contribution < 1.29 is 19.4 Å². The fourth-order valence-corrected chi connectivity index (χ4v) is 8.90. The predicted molar refractivity (Wildman–Crippen MR) is 192 cm³/mol. The molecule has 1 saturated carbocycles. The quantitative estimate of drug-likeness (QED) is 0.142. The van der Waals surface area contributed by atoms with Crippen molar-refractivity contribution in [3.05, 3.63) is 149 Å². The molecule has 8 rings (SSSR count). The lowest BCUT2D eigenvalue weighted by Crippen LogP contribution is -2.53. The van der Waals surface area contributed by atoms with Gasteiger partial charge in [-0.1, -0.05) is 72.3 Å². The fraction of sp³-hybridized carbons (Fsp3) is 0.189. The van der Waals surface area contributed by atoms with Crippen LogP contribution in [0.3, 0.4) is 0 Å². The van der Waals surface area contributed by atoms with E-state index in [2.05, 4.69) is 0 Å². The van der Waals surface area contributed by atoms with Gasteiger partial charge in [0.05, 0.1) is 46.0 Å². The Hall–Kier alpha value is -4.88. The van der Waals surface area contributed by atoms with Gasteiger partial charge < -0.3 is 9.84 Å². The first-order valence-corrected chi connectivity index (χ1v) is 17.1. The average Bonchev–Trinajstić information content (AvgIpc) is 3.50. The Morgan fingerprint density at radius 3 is 2.27 bits per heavy atom. The zero-order valence-electron chi connectivity index (χ0n) is 26.0. The number of aromatic nitrogens is 3. The molecule has 0 radical (unpaired) electrons. The molecule has 1 saturated heterocycles. The van der Waals surface area contributed by atoms with E-state index in [1.165, 1.54) is 21.4 Å². The maximum Gasteiger partial charge on any atom is 0.352 e. The monoisotopic (exact) mass is 786 g/mol. The standard InChI is InChI=1S/C37H28ClIN4O6/c1-49-30-18-21(17-28(39)32(30)44)31-26-15-16-40-35(47)42(24-12-6-3-7-13-24)36(48)43(40)29(26)20-27-33(45)41(25-14-8-11-23(38)19-25)34(46)37(27,31)22-9-4-2-5-10-22/h2-15,17-19,27,29,31,44H,16,20H2,1H3. The lowest BCUT2D eigenvalue weighted by Gasteiger charge is -2.49. The molecule has 2 fully saturated rings. The number of allylic oxidation sites excluding steroid dienone is 2. The molecule has 5 aromatic rings. The minimum Gasteiger partial charge on any atom is -0.504 e. The number of nitrogens with zero attached hydrogens (tertiary/aromatic N) is 4.